The molecule has 0 fully saturated rings. The van der Waals surface area contributed by atoms with E-state index < -0.39 is 0 Å². The highest BCUT2D eigenvalue weighted by Gasteiger charge is 2.19. The fourth-order valence-corrected chi connectivity index (χ4v) is 3.81. The number of furan rings is 1. The van der Waals surface area contributed by atoms with Gasteiger partial charge >= 0.3 is 0 Å². The number of hydrogen-bond acceptors (Lipinski definition) is 3. The quantitative estimate of drug-likeness (QED) is 0.294. The second kappa shape index (κ2) is 4.62. The fourth-order valence-electron chi connectivity index (χ4n) is 3.81. The zero-order valence-corrected chi connectivity index (χ0v) is 13.5. The SMILES string of the molecule is [C-]#[N+]c1cc2oc3cccnc3c3cc4ccccc4c4oc(c1)c2c34. The van der Waals surface area contributed by atoms with Gasteiger partial charge in [0.25, 0.3) is 0 Å². The van der Waals surface area contributed by atoms with Crippen molar-refractivity contribution in [2.45, 2.75) is 0 Å². The number of fused-ring (bicyclic) bond motifs is 4. The first-order valence-corrected chi connectivity index (χ1v) is 8.26. The van der Waals surface area contributed by atoms with E-state index >= 15 is 0 Å². The van der Waals surface area contributed by atoms with Crippen molar-refractivity contribution in [2.75, 3.05) is 0 Å². The Morgan fingerprint density at radius 1 is 0.808 bits per heavy atom. The van der Waals surface area contributed by atoms with Gasteiger partial charge in [0.1, 0.15) is 22.3 Å². The van der Waals surface area contributed by atoms with Gasteiger partial charge in [-0.1, -0.05) is 24.3 Å². The van der Waals surface area contributed by atoms with E-state index in [0.29, 0.717) is 22.4 Å². The molecule has 0 spiro atoms. The molecule has 3 heterocycles. The number of rotatable bonds is 0. The summed E-state index contributed by atoms with van der Waals surface area (Å²) in [5, 5.41) is 4.99. The van der Waals surface area contributed by atoms with E-state index in [1.807, 2.05) is 24.3 Å². The molecule has 6 aromatic rings. The van der Waals surface area contributed by atoms with Crippen LogP contribution < -0.4 is 0 Å². The van der Waals surface area contributed by atoms with Gasteiger partial charge < -0.3 is 8.83 Å². The van der Waals surface area contributed by atoms with Gasteiger partial charge in [0.2, 0.25) is 0 Å². The number of benzene rings is 3. The maximum absolute atomic E-state index is 7.39. The lowest BCUT2D eigenvalue weighted by atomic mass is 10.0. The predicted octanol–water partition coefficient (Wildman–Crippen LogP) is 6.58. The van der Waals surface area contributed by atoms with Crippen LogP contribution in [0.3, 0.4) is 0 Å². The van der Waals surface area contributed by atoms with Crippen molar-refractivity contribution in [1.82, 2.24) is 4.98 Å². The van der Waals surface area contributed by atoms with Crippen molar-refractivity contribution in [3.63, 3.8) is 0 Å². The first-order valence-electron chi connectivity index (χ1n) is 8.26. The van der Waals surface area contributed by atoms with Crippen LogP contribution in [0, 0.1) is 6.57 Å². The molecule has 0 aliphatic heterocycles. The highest BCUT2D eigenvalue weighted by atomic mass is 16.3. The standard InChI is InChI=1S/C22H10N2O2/c1-23-13-10-17-20-18(11-13)26-22-14-6-3-2-5-12(14)9-15(19(20)22)21-16(25-17)7-4-8-24-21/h2-11H. The van der Waals surface area contributed by atoms with E-state index in [4.69, 9.17) is 15.4 Å². The van der Waals surface area contributed by atoms with Crippen LogP contribution in [-0.2, 0) is 0 Å². The summed E-state index contributed by atoms with van der Waals surface area (Å²) < 4.78 is 12.4. The van der Waals surface area contributed by atoms with Crippen LogP contribution in [-0.4, -0.2) is 4.98 Å². The van der Waals surface area contributed by atoms with Crippen molar-refractivity contribution >= 4 is 60.5 Å². The summed E-state index contributed by atoms with van der Waals surface area (Å²) in [6, 6.07) is 17.6. The second-order valence-electron chi connectivity index (χ2n) is 6.33. The van der Waals surface area contributed by atoms with E-state index in [1.165, 1.54) is 0 Å². The molecule has 0 amide bonds. The first kappa shape index (κ1) is 13.5. The third kappa shape index (κ3) is 1.59. The summed E-state index contributed by atoms with van der Waals surface area (Å²) >= 11 is 0. The van der Waals surface area contributed by atoms with Crippen LogP contribution >= 0.6 is 0 Å². The van der Waals surface area contributed by atoms with E-state index in [2.05, 4.69) is 28.0 Å². The molecule has 0 saturated heterocycles. The molecule has 0 saturated carbocycles. The van der Waals surface area contributed by atoms with Gasteiger partial charge in [-0.3, -0.25) is 4.98 Å². The Morgan fingerprint density at radius 2 is 1.65 bits per heavy atom. The van der Waals surface area contributed by atoms with Crippen LogP contribution in [0.25, 0.3) is 59.6 Å². The van der Waals surface area contributed by atoms with E-state index in [-0.39, 0.29) is 0 Å². The van der Waals surface area contributed by atoms with Crippen molar-refractivity contribution in [1.29, 1.82) is 0 Å². The summed E-state index contributed by atoms with van der Waals surface area (Å²) in [7, 11) is 0. The largest absolute Gasteiger partial charge is 0.457 e. The zero-order chi connectivity index (χ0) is 17.3. The summed E-state index contributed by atoms with van der Waals surface area (Å²) in [6.07, 6.45) is 1.76. The summed E-state index contributed by atoms with van der Waals surface area (Å²) in [6.45, 7) is 7.39. The van der Waals surface area contributed by atoms with Gasteiger partial charge in [0.05, 0.1) is 12.0 Å². The average Bonchev–Trinajstić information content (AvgIpc) is 3.01. The number of hydrogen-bond donors (Lipinski definition) is 0. The number of aromatic nitrogens is 1. The Kier molecular flexibility index (Phi) is 2.39. The molecule has 3 aromatic carbocycles. The summed E-state index contributed by atoms with van der Waals surface area (Å²) in [5.74, 6) is 0. The molecule has 0 unspecified atom stereocenters. The third-order valence-electron chi connectivity index (χ3n) is 4.89. The molecule has 0 bridgehead atoms. The van der Waals surface area contributed by atoms with Gasteiger partial charge in [0.15, 0.2) is 11.3 Å². The zero-order valence-electron chi connectivity index (χ0n) is 13.5. The van der Waals surface area contributed by atoms with Crippen molar-refractivity contribution in [2.24, 2.45) is 0 Å². The lowest BCUT2D eigenvalue weighted by Gasteiger charge is -2.01. The smallest absolute Gasteiger partial charge is 0.194 e. The van der Waals surface area contributed by atoms with Crippen LogP contribution in [0.1, 0.15) is 0 Å². The molecule has 4 nitrogen and oxygen atoms in total. The predicted molar refractivity (Wildman–Crippen MR) is 103 cm³/mol. The van der Waals surface area contributed by atoms with Gasteiger partial charge in [0, 0.05) is 22.4 Å². The number of pyridine rings is 1. The minimum Gasteiger partial charge on any atom is -0.457 e. The molecule has 0 N–H and O–H groups in total. The van der Waals surface area contributed by atoms with Gasteiger partial charge in [-0.25, -0.2) is 4.85 Å². The molecule has 26 heavy (non-hydrogen) atoms. The molecule has 0 atom stereocenters. The van der Waals surface area contributed by atoms with E-state index in [9.17, 15) is 0 Å². The Morgan fingerprint density at radius 3 is 2.54 bits per heavy atom. The van der Waals surface area contributed by atoms with E-state index in [0.717, 1.165) is 38.0 Å². The normalized spacial score (nSPS) is 11.8. The molecule has 0 radical (unpaired) electrons. The minimum absolute atomic E-state index is 0.491. The molecular weight excluding hydrogens is 324 g/mol. The maximum atomic E-state index is 7.39. The molecule has 0 aliphatic rings. The highest BCUT2D eigenvalue weighted by Crippen LogP contribution is 2.43. The van der Waals surface area contributed by atoms with Crippen LogP contribution in [0.2, 0.25) is 0 Å². The molecule has 120 valence electrons. The highest BCUT2D eigenvalue weighted by molar-refractivity contribution is 6.29. The van der Waals surface area contributed by atoms with Gasteiger partial charge in [-0.05, 0) is 35.7 Å². The fraction of sp³-hybridized carbons (Fsp3) is 0. The Balaban J connectivity index is 2.09. The topological polar surface area (TPSA) is 43.5 Å². The second-order valence-corrected chi connectivity index (χ2v) is 6.33. The van der Waals surface area contributed by atoms with Crippen LogP contribution in [0.4, 0.5) is 5.69 Å². The lowest BCUT2D eigenvalue weighted by Crippen LogP contribution is -1.79. The lowest BCUT2D eigenvalue weighted by molar-refractivity contribution is 0.657. The van der Waals surface area contributed by atoms with Crippen molar-refractivity contribution in [3.05, 3.63) is 72.2 Å². The molecule has 0 aliphatic carbocycles. The Hall–Kier alpha value is -3.84. The van der Waals surface area contributed by atoms with Crippen LogP contribution in [0.15, 0.2) is 69.6 Å². The van der Waals surface area contributed by atoms with Crippen molar-refractivity contribution in [3.8, 4) is 0 Å². The Bertz CT molecular complexity index is 1550. The summed E-state index contributed by atoms with van der Waals surface area (Å²) in [4.78, 5) is 8.14. The molecular formula is C22H10N2O2. The van der Waals surface area contributed by atoms with Gasteiger partial charge in [-0.2, -0.15) is 0 Å². The van der Waals surface area contributed by atoms with E-state index in [1.54, 1.807) is 18.3 Å². The molecule has 4 heteroatoms. The van der Waals surface area contributed by atoms with Gasteiger partial charge in [-0.15, -0.1) is 0 Å². The third-order valence-corrected chi connectivity index (χ3v) is 4.89. The molecule has 6 rings (SSSR count). The van der Waals surface area contributed by atoms with Crippen LogP contribution in [0.5, 0.6) is 0 Å². The average molecular weight is 334 g/mol. The first-order chi connectivity index (χ1) is 12.8. The Labute approximate surface area is 147 Å². The van der Waals surface area contributed by atoms with Crippen molar-refractivity contribution < 1.29 is 8.83 Å². The monoisotopic (exact) mass is 334 g/mol. The summed E-state index contributed by atoms with van der Waals surface area (Å²) in [5.41, 5.74) is 4.06. The number of nitrogens with zero attached hydrogens (tertiary/aromatic N) is 2. The minimum atomic E-state index is 0.491. The maximum Gasteiger partial charge on any atom is 0.194 e. The molecule has 3 aromatic heterocycles.